The van der Waals surface area contributed by atoms with Gasteiger partial charge in [-0.15, -0.1) is 11.3 Å². The smallest absolute Gasteiger partial charge is 0.0847 e. The van der Waals surface area contributed by atoms with Crippen LogP contribution in [0.25, 0.3) is 0 Å². The molecular formula is C9H13NOS. The average Bonchev–Trinajstić information content (AvgIpc) is 2.53. The van der Waals surface area contributed by atoms with Gasteiger partial charge in [-0.05, 0) is 30.0 Å². The maximum Gasteiger partial charge on any atom is 0.0847 e. The number of nitrogens with two attached hydrogens (primary N) is 1. The van der Waals surface area contributed by atoms with Gasteiger partial charge < -0.3 is 10.5 Å². The van der Waals surface area contributed by atoms with Crippen LogP contribution in [-0.4, -0.2) is 13.2 Å². The van der Waals surface area contributed by atoms with Gasteiger partial charge in [0.05, 0.1) is 12.7 Å². The van der Waals surface area contributed by atoms with E-state index in [9.17, 15) is 0 Å². The first-order valence-corrected chi connectivity index (χ1v) is 5.17. The first-order chi connectivity index (χ1) is 5.92. The molecule has 0 amide bonds. The quantitative estimate of drug-likeness (QED) is 0.757. The van der Waals surface area contributed by atoms with Crippen LogP contribution in [0, 0.1) is 0 Å². The molecule has 2 heterocycles. The van der Waals surface area contributed by atoms with Crippen molar-refractivity contribution in [2.75, 3.05) is 13.2 Å². The van der Waals surface area contributed by atoms with Crippen LogP contribution in [-0.2, 0) is 11.2 Å². The summed E-state index contributed by atoms with van der Waals surface area (Å²) < 4.78 is 5.63. The molecule has 2 N–H and O–H groups in total. The van der Waals surface area contributed by atoms with E-state index in [0.717, 1.165) is 19.4 Å². The summed E-state index contributed by atoms with van der Waals surface area (Å²) in [5.74, 6) is 0. The Hall–Kier alpha value is -0.380. The van der Waals surface area contributed by atoms with E-state index in [2.05, 4.69) is 11.4 Å². The van der Waals surface area contributed by atoms with Crippen LogP contribution in [0.5, 0.6) is 0 Å². The van der Waals surface area contributed by atoms with Gasteiger partial charge in [0, 0.05) is 11.3 Å². The van der Waals surface area contributed by atoms with Crippen molar-refractivity contribution in [3.63, 3.8) is 0 Å². The molecule has 1 aliphatic rings. The van der Waals surface area contributed by atoms with E-state index >= 15 is 0 Å². The highest BCUT2D eigenvalue weighted by atomic mass is 32.1. The zero-order valence-electron chi connectivity index (χ0n) is 6.95. The normalized spacial score (nSPS) is 22.2. The number of ether oxygens (including phenoxy) is 1. The molecule has 1 aromatic heterocycles. The molecular weight excluding hydrogens is 170 g/mol. The Balaban J connectivity index is 2.19. The molecule has 12 heavy (non-hydrogen) atoms. The fourth-order valence-corrected chi connectivity index (χ4v) is 2.53. The van der Waals surface area contributed by atoms with E-state index in [-0.39, 0.29) is 6.10 Å². The van der Waals surface area contributed by atoms with Gasteiger partial charge in [-0.3, -0.25) is 0 Å². The predicted octanol–water partition coefficient (Wildman–Crippen LogP) is 1.71. The Bertz CT molecular complexity index is 259. The molecule has 0 saturated heterocycles. The summed E-state index contributed by atoms with van der Waals surface area (Å²) >= 11 is 1.83. The second kappa shape index (κ2) is 3.56. The topological polar surface area (TPSA) is 35.2 Å². The van der Waals surface area contributed by atoms with Crippen LogP contribution in [0.2, 0.25) is 0 Å². The monoisotopic (exact) mass is 183 g/mol. The molecule has 0 saturated carbocycles. The van der Waals surface area contributed by atoms with Gasteiger partial charge in [0.2, 0.25) is 0 Å². The SMILES string of the molecule is NCC[C@@H]1OCCc2sccc21. The highest BCUT2D eigenvalue weighted by Gasteiger charge is 2.20. The number of hydrogen-bond donors (Lipinski definition) is 1. The molecule has 0 unspecified atom stereocenters. The van der Waals surface area contributed by atoms with Crippen molar-refractivity contribution in [2.24, 2.45) is 5.73 Å². The lowest BCUT2D eigenvalue weighted by molar-refractivity contribution is 0.0395. The highest BCUT2D eigenvalue weighted by molar-refractivity contribution is 7.10. The molecule has 0 aliphatic carbocycles. The molecule has 1 aliphatic heterocycles. The van der Waals surface area contributed by atoms with E-state index in [1.165, 1.54) is 10.4 Å². The van der Waals surface area contributed by atoms with Gasteiger partial charge in [-0.25, -0.2) is 0 Å². The van der Waals surface area contributed by atoms with Crippen molar-refractivity contribution >= 4 is 11.3 Å². The van der Waals surface area contributed by atoms with Crippen molar-refractivity contribution in [3.8, 4) is 0 Å². The highest BCUT2D eigenvalue weighted by Crippen LogP contribution is 2.32. The standard InChI is InChI=1S/C9H13NOS/c10-4-1-8-7-3-6-12-9(7)2-5-11-8/h3,6,8H,1-2,4-5,10H2/t8-/m0/s1. The third-order valence-corrected chi connectivity index (χ3v) is 3.20. The number of rotatable bonds is 2. The minimum Gasteiger partial charge on any atom is -0.373 e. The predicted molar refractivity (Wildman–Crippen MR) is 50.4 cm³/mol. The van der Waals surface area contributed by atoms with E-state index in [1.54, 1.807) is 0 Å². The Kier molecular flexibility index (Phi) is 2.44. The van der Waals surface area contributed by atoms with Gasteiger partial charge in [-0.1, -0.05) is 0 Å². The first-order valence-electron chi connectivity index (χ1n) is 4.29. The Morgan fingerprint density at radius 2 is 2.58 bits per heavy atom. The van der Waals surface area contributed by atoms with E-state index < -0.39 is 0 Å². The van der Waals surface area contributed by atoms with Gasteiger partial charge in [-0.2, -0.15) is 0 Å². The minimum atomic E-state index is 0.269. The van der Waals surface area contributed by atoms with Crippen molar-refractivity contribution in [1.29, 1.82) is 0 Å². The summed E-state index contributed by atoms with van der Waals surface area (Å²) in [5.41, 5.74) is 6.88. The van der Waals surface area contributed by atoms with Gasteiger partial charge in [0.15, 0.2) is 0 Å². The van der Waals surface area contributed by atoms with Crippen molar-refractivity contribution in [1.82, 2.24) is 0 Å². The lowest BCUT2D eigenvalue weighted by atomic mass is 10.0. The van der Waals surface area contributed by atoms with Crippen LogP contribution >= 0.6 is 11.3 Å². The van der Waals surface area contributed by atoms with E-state index in [1.807, 2.05) is 11.3 Å². The fourth-order valence-electron chi connectivity index (χ4n) is 1.61. The number of hydrogen-bond acceptors (Lipinski definition) is 3. The molecule has 2 nitrogen and oxygen atoms in total. The third-order valence-electron chi connectivity index (χ3n) is 2.20. The third kappa shape index (κ3) is 1.40. The maximum absolute atomic E-state index is 5.63. The second-order valence-electron chi connectivity index (χ2n) is 2.99. The van der Waals surface area contributed by atoms with Gasteiger partial charge in [0.1, 0.15) is 0 Å². The summed E-state index contributed by atoms with van der Waals surface area (Å²) in [6.07, 6.45) is 2.29. The van der Waals surface area contributed by atoms with E-state index in [0.29, 0.717) is 6.54 Å². The Labute approximate surface area is 76.3 Å². The van der Waals surface area contributed by atoms with Crippen LogP contribution in [0.1, 0.15) is 23.0 Å². The molecule has 0 radical (unpaired) electrons. The summed E-state index contributed by atoms with van der Waals surface area (Å²) in [5, 5.41) is 2.14. The molecule has 3 heteroatoms. The molecule has 0 fully saturated rings. The van der Waals surface area contributed by atoms with Gasteiger partial charge in [0.25, 0.3) is 0 Å². The second-order valence-corrected chi connectivity index (χ2v) is 3.99. The fraction of sp³-hybridized carbons (Fsp3) is 0.556. The number of fused-ring (bicyclic) bond motifs is 1. The van der Waals surface area contributed by atoms with Crippen molar-refractivity contribution in [3.05, 3.63) is 21.9 Å². The number of thiophene rings is 1. The van der Waals surface area contributed by atoms with Crippen LogP contribution in [0.4, 0.5) is 0 Å². The first kappa shape index (κ1) is 8.23. The van der Waals surface area contributed by atoms with Crippen molar-refractivity contribution < 1.29 is 4.74 Å². The van der Waals surface area contributed by atoms with Crippen LogP contribution in [0.3, 0.4) is 0 Å². The molecule has 2 rings (SSSR count). The van der Waals surface area contributed by atoms with Gasteiger partial charge >= 0.3 is 0 Å². The maximum atomic E-state index is 5.63. The minimum absolute atomic E-state index is 0.269. The Morgan fingerprint density at radius 1 is 1.67 bits per heavy atom. The molecule has 0 spiro atoms. The Morgan fingerprint density at radius 3 is 3.42 bits per heavy atom. The lowest BCUT2D eigenvalue weighted by Crippen LogP contribution is -2.17. The van der Waals surface area contributed by atoms with Crippen molar-refractivity contribution in [2.45, 2.75) is 18.9 Å². The van der Waals surface area contributed by atoms with Crippen LogP contribution in [0.15, 0.2) is 11.4 Å². The summed E-state index contributed by atoms with van der Waals surface area (Å²) in [6.45, 7) is 1.57. The molecule has 0 aromatic carbocycles. The molecule has 1 atom stereocenters. The largest absolute Gasteiger partial charge is 0.373 e. The lowest BCUT2D eigenvalue weighted by Gasteiger charge is -2.22. The summed E-state index contributed by atoms with van der Waals surface area (Å²) in [4.78, 5) is 1.49. The average molecular weight is 183 g/mol. The van der Waals surface area contributed by atoms with E-state index in [4.69, 9.17) is 10.5 Å². The summed E-state index contributed by atoms with van der Waals surface area (Å²) in [7, 11) is 0. The zero-order valence-corrected chi connectivity index (χ0v) is 7.77. The molecule has 0 bridgehead atoms. The molecule has 66 valence electrons. The molecule has 1 aromatic rings. The zero-order chi connectivity index (χ0) is 8.39. The summed E-state index contributed by atoms with van der Waals surface area (Å²) in [6, 6.07) is 2.17. The van der Waals surface area contributed by atoms with Crippen LogP contribution < -0.4 is 5.73 Å².